The number of anilines is 2. The molecule has 2 rings (SSSR count). The first kappa shape index (κ1) is 12.3. The molecule has 0 amide bonds. The van der Waals surface area contributed by atoms with Crippen molar-refractivity contribution in [3.8, 4) is 11.6 Å². The van der Waals surface area contributed by atoms with E-state index >= 15 is 0 Å². The fraction of sp³-hybridized carbons (Fsp3) is 0. The fourth-order valence-corrected chi connectivity index (χ4v) is 1.35. The summed E-state index contributed by atoms with van der Waals surface area (Å²) in [6.45, 7) is 0. The second kappa shape index (κ2) is 4.61. The molecule has 1 heterocycles. The average molecular weight is 273 g/mol. The van der Waals surface area contributed by atoms with Crippen molar-refractivity contribution in [3.63, 3.8) is 0 Å². The molecule has 0 unspecified atom stereocenters. The smallest absolute Gasteiger partial charge is 0.243 e. The molecule has 2 aromatic rings. The van der Waals surface area contributed by atoms with Crippen LogP contribution in [0.2, 0.25) is 5.02 Å². The van der Waals surface area contributed by atoms with Gasteiger partial charge in [-0.15, -0.1) is 0 Å². The maximum absolute atomic E-state index is 13.5. The Morgan fingerprint density at radius 3 is 2.33 bits per heavy atom. The van der Waals surface area contributed by atoms with Crippen LogP contribution in [0.3, 0.4) is 0 Å². The summed E-state index contributed by atoms with van der Waals surface area (Å²) < 4.78 is 31.9. The lowest BCUT2D eigenvalue weighted by Crippen LogP contribution is -2.00. The zero-order valence-corrected chi connectivity index (χ0v) is 9.58. The molecule has 0 bridgehead atoms. The fourth-order valence-electron chi connectivity index (χ4n) is 1.21. The van der Waals surface area contributed by atoms with Gasteiger partial charge in [0, 0.05) is 17.8 Å². The number of hydrogen-bond donors (Lipinski definition) is 2. The molecule has 1 aromatic carbocycles. The third-order valence-corrected chi connectivity index (χ3v) is 2.36. The number of aromatic nitrogens is 2. The standard InChI is InChI=1S/C10H7ClF2N4O/c11-7-9(15)16-3-17-10(7)18-8-5(12)1-4(14)2-6(8)13/h1-3H,14H2,(H2,15,16,17). The van der Waals surface area contributed by atoms with E-state index in [4.69, 9.17) is 27.8 Å². The highest BCUT2D eigenvalue weighted by Crippen LogP contribution is 2.33. The van der Waals surface area contributed by atoms with E-state index in [1.807, 2.05) is 0 Å². The SMILES string of the molecule is Nc1cc(F)c(Oc2ncnc(N)c2Cl)c(F)c1. The van der Waals surface area contributed by atoms with E-state index in [0.29, 0.717) is 0 Å². The molecular weight excluding hydrogens is 266 g/mol. The van der Waals surface area contributed by atoms with Crippen LogP contribution in [0.25, 0.3) is 0 Å². The lowest BCUT2D eigenvalue weighted by Gasteiger charge is -2.09. The molecule has 5 nitrogen and oxygen atoms in total. The van der Waals surface area contributed by atoms with Crippen LogP contribution in [0.5, 0.6) is 11.6 Å². The second-order valence-corrected chi connectivity index (χ2v) is 3.67. The summed E-state index contributed by atoms with van der Waals surface area (Å²) in [6, 6.07) is 1.83. The van der Waals surface area contributed by atoms with E-state index in [0.717, 1.165) is 18.5 Å². The minimum absolute atomic E-state index is 0.0575. The number of hydrogen-bond acceptors (Lipinski definition) is 5. The highest BCUT2D eigenvalue weighted by molar-refractivity contribution is 6.34. The van der Waals surface area contributed by atoms with Gasteiger partial charge in [0.25, 0.3) is 0 Å². The van der Waals surface area contributed by atoms with Gasteiger partial charge in [-0.1, -0.05) is 11.6 Å². The molecule has 0 spiro atoms. The van der Waals surface area contributed by atoms with Gasteiger partial charge in [0.2, 0.25) is 11.6 Å². The first-order valence-corrected chi connectivity index (χ1v) is 5.05. The van der Waals surface area contributed by atoms with Crippen molar-refractivity contribution in [2.75, 3.05) is 11.5 Å². The molecule has 0 aliphatic rings. The molecule has 4 N–H and O–H groups in total. The molecule has 0 saturated carbocycles. The van der Waals surface area contributed by atoms with E-state index in [1.54, 1.807) is 0 Å². The summed E-state index contributed by atoms with van der Waals surface area (Å²) in [4.78, 5) is 7.22. The molecule has 0 atom stereocenters. The molecule has 0 saturated heterocycles. The van der Waals surface area contributed by atoms with E-state index in [-0.39, 0.29) is 22.4 Å². The van der Waals surface area contributed by atoms with Crippen LogP contribution in [0, 0.1) is 11.6 Å². The molecule has 1 aromatic heterocycles. The summed E-state index contributed by atoms with van der Waals surface area (Å²) >= 11 is 5.73. The molecule has 0 aliphatic heterocycles. The molecule has 8 heteroatoms. The van der Waals surface area contributed by atoms with Gasteiger partial charge in [-0.05, 0) is 0 Å². The maximum Gasteiger partial charge on any atom is 0.243 e. The van der Waals surface area contributed by atoms with Crippen molar-refractivity contribution in [3.05, 3.63) is 35.1 Å². The van der Waals surface area contributed by atoms with Gasteiger partial charge >= 0.3 is 0 Å². The van der Waals surface area contributed by atoms with Gasteiger partial charge in [-0.2, -0.15) is 4.98 Å². The van der Waals surface area contributed by atoms with E-state index in [1.165, 1.54) is 0 Å². The van der Waals surface area contributed by atoms with Gasteiger partial charge < -0.3 is 16.2 Å². The van der Waals surface area contributed by atoms with Crippen molar-refractivity contribution < 1.29 is 13.5 Å². The number of benzene rings is 1. The zero-order valence-electron chi connectivity index (χ0n) is 8.82. The van der Waals surface area contributed by atoms with Crippen LogP contribution >= 0.6 is 11.6 Å². The topological polar surface area (TPSA) is 87.0 Å². The molecule has 0 aliphatic carbocycles. The van der Waals surface area contributed by atoms with Crippen LogP contribution < -0.4 is 16.2 Å². The number of nitrogens with zero attached hydrogens (tertiary/aromatic N) is 2. The van der Waals surface area contributed by atoms with Gasteiger partial charge in [0.05, 0.1) is 0 Å². The van der Waals surface area contributed by atoms with Crippen molar-refractivity contribution in [1.29, 1.82) is 0 Å². The van der Waals surface area contributed by atoms with Crippen molar-refractivity contribution >= 4 is 23.1 Å². The van der Waals surface area contributed by atoms with E-state index < -0.39 is 17.4 Å². The lowest BCUT2D eigenvalue weighted by molar-refractivity contribution is 0.396. The Bertz CT molecular complexity index is 585. The van der Waals surface area contributed by atoms with Gasteiger partial charge in [0.15, 0.2) is 11.6 Å². The normalized spacial score (nSPS) is 10.4. The largest absolute Gasteiger partial charge is 0.431 e. The third-order valence-electron chi connectivity index (χ3n) is 2.00. The molecule has 0 fully saturated rings. The van der Waals surface area contributed by atoms with Gasteiger partial charge in [0.1, 0.15) is 17.2 Å². The van der Waals surface area contributed by atoms with Crippen molar-refractivity contribution in [2.24, 2.45) is 0 Å². The number of nitrogens with two attached hydrogens (primary N) is 2. The highest BCUT2D eigenvalue weighted by atomic mass is 35.5. The Morgan fingerprint density at radius 1 is 1.11 bits per heavy atom. The lowest BCUT2D eigenvalue weighted by atomic mass is 10.3. The third kappa shape index (κ3) is 2.25. The summed E-state index contributed by atoms with van der Waals surface area (Å²) in [5.74, 6) is -2.91. The monoisotopic (exact) mass is 272 g/mol. The predicted molar refractivity (Wildman–Crippen MR) is 62.3 cm³/mol. The number of ether oxygens (including phenoxy) is 1. The Morgan fingerprint density at radius 2 is 1.72 bits per heavy atom. The molecule has 94 valence electrons. The summed E-state index contributed by atoms with van der Waals surface area (Å²) in [5.41, 5.74) is 10.6. The number of rotatable bonds is 2. The Kier molecular flexibility index (Phi) is 3.15. The van der Waals surface area contributed by atoms with Crippen LogP contribution in [0.1, 0.15) is 0 Å². The second-order valence-electron chi connectivity index (χ2n) is 3.29. The van der Waals surface area contributed by atoms with Crippen molar-refractivity contribution in [2.45, 2.75) is 0 Å². The van der Waals surface area contributed by atoms with E-state index in [9.17, 15) is 8.78 Å². The summed E-state index contributed by atoms with van der Waals surface area (Å²) in [5, 5.41) is -0.131. The highest BCUT2D eigenvalue weighted by Gasteiger charge is 2.16. The quantitative estimate of drug-likeness (QED) is 0.820. The summed E-state index contributed by atoms with van der Waals surface area (Å²) in [6.07, 6.45) is 1.06. The van der Waals surface area contributed by atoms with Crippen LogP contribution in [-0.2, 0) is 0 Å². The Balaban J connectivity index is 2.43. The van der Waals surface area contributed by atoms with Crippen LogP contribution in [0.15, 0.2) is 18.5 Å². The van der Waals surface area contributed by atoms with Gasteiger partial charge in [-0.3, -0.25) is 0 Å². The predicted octanol–water partition coefficient (Wildman–Crippen LogP) is 2.36. The molecular formula is C10H7ClF2N4O. The first-order chi connectivity index (χ1) is 8.49. The van der Waals surface area contributed by atoms with Crippen LogP contribution in [-0.4, -0.2) is 9.97 Å². The maximum atomic E-state index is 13.5. The minimum atomic E-state index is -0.972. The zero-order chi connectivity index (χ0) is 13.3. The Labute approximate surface area is 105 Å². The van der Waals surface area contributed by atoms with Crippen LogP contribution in [0.4, 0.5) is 20.3 Å². The number of nitrogen functional groups attached to an aromatic ring is 2. The summed E-state index contributed by atoms with van der Waals surface area (Å²) in [7, 11) is 0. The van der Waals surface area contributed by atoms with E-state index in [2.05, 4.69) is 9.97 Å². The average Bonchev–Trinajstić information content (AvgIpc) is 2.28. The molecule has 18 heavy (non-hydrogen) atoms. The first-order valence-electron chi connectivity index (χ1n) is 4.67. The van der Waals surface area contributed by atoms with Crippen molar-refractivity contribution in [1.82, 2.24) is 9.97 Å². The minimum Gasteiger partial charge on any atom is -0.431 e. The number of halogens is 3. The Hall–Kier alpha value is -2.15. The molecule has 0 radical (unpaired) electrons. The van der Waals surface area contributed by atoms with Gasteiger partial charge in [-0.25, -0.2) is 13.8 Å².